The first-order chi connectivity index (χ1) is 11.6. The SMILES string of the molecule is COc1ccc(F)cc1C(Cc1cccc2ccccc12)C(=O)O. The molecule has 0 fully saturated rings. The first-order valence-corrected chi connectivity index (χ1v) is 7.63. The fraction of sp³-hybridized carbons (Fsp3) is 0.150. The lowest BCUT2D eigenvalue weighted by molar-refractivity contribution is -0.138. The second-order valence-electron chi connectivity index (χ2n) is 5.62. The fourth-order valence-corrected chi connectivity index (χ4v) is 3.00. The standard InChI is InChI=1S/C20H17FO3/c1-24-19-10-9-15(21)12-17(19)18(20(22)23)11-14-7-4-6-13-5-2-3-8-16(13)14/h2-10,12,18H,11H2,1H3,(H,22,23). The van der Waals surface area contributed by atoms with Gasteiger partial charge in [-0.1, -0.05) is 42.5 Å². The van der Waals surface area contributed by atoms with Gasteiger partial charge in [0.15, 0.2) is 0 Å². The number of hydrogen-bond donors (Lipinski definition) is 1. The molecule has 3 aromatic carbocycles. The summed E-state index contributed by atoms with van der Waals surface area (Å²) in [7, 11) is 1.45. The Balaban J connectivity index is 2.07. The van der Waals surface area contributed by atoms with Crippen LogP contribution in [0.25, 0.3) is 10.8 Å². The van der Waals surface area contributed by atoms with E-state index in [0.29, 0.717) is 11.3 Å². The first kappa shape index (κ1) is 16.0. The summed E-state index contributed by atoms with van der Waals surface area (Å²) in [6.45, 7) is 0. The van der Waals surface area contributed by atoms with Gasteiger partial charge in [0.2, 0.25) is 0 Å². The third-order valence-electron chi connectivity index (χ3n) is 4.17. The van der Waals surface area contributed by atoms with Gasteiger partial charge in [-0.2, -0.15) is 0 Å². The van der Waals surface area contributed by atoms with Crippen LogP contribution in [-0.2, 0) is 11.2 Å². The Bertz CT molecular complexity index is 884. The Hall–Kier alpha value is -2.88. The highest BCUT2D eigenvalue weighted by Crippen LogP contribution is 2.32. The number of carboxylic acids is 1. The molecule has 1 unspecified atom stereocenters. The van der Waals surface area contributed by atoms with Gasteiger partial charge < -0.3 is 9.84 Å². The minimum absolute atomic E-state index is 0.260. The summed E-state index contributed by atoms with van der Waals surface area (Å²) in [6.07, 6.45) is 0.260. The molecule has 3 nitrogen and oxygen atoms in total. The van der Waals surface area contributed by atoms with Gasteiger partial charge in [-0.05, 0) is 41.0 Å². The molecule has 3 rings (SSSR count). The smallest absolute Gasteiger partial charge is 0.311 e. The lowest BCUT2D eigenvalue weighted by Gasteiger charge is -2.17. The molecule has 0 aliphatic carbocycles. The van der Waals surface area contributed by atoms with Crippen LogP contribution in [0.5, 0.6) is 5.75 Å². The highest BCUT2D eigenvalue weighted by molar-refractivity contribution is 5.87. The predicted molar refractivity (Wildman–Crippen MR) is 91.0 cm³/mol. The van der Waals surface area contributed by atoms with Crippen molar-refractivity contribution >= 4 is 16.7 Å². The molecule has 0 saturated heterocycles. The van der Waals surface area contributed by atoms with Gasteiger partial charge in [-0.25, -0.2) is 4.39 Å². The highest BCUT2D eigenvalue weighted by Gasteiger charge is 2.25. The number of halogens is 1. The van der Waals surface area contributed by atoms with Crippen molar-refractivity contribution in [3.8, 4) is 5.75 Å². The maximum absolute atomic E-state index is 13.7. The summed E-state index contributed by atoms with van der Waals surface area (Å²) in [5.74, 6) is -1.99. The van der Waals surface area contributed by atoms with Crippen molar-refractivity contribution in [3.05, 3.63) is 77.6 Å². The quantitative estimate of drug-likeness (QED) is 0.757. The summed E-state index contributed by atoms with van der Waals surface area (Å²) < 4.78 is 18.9. The van der Waals surface area contributed by atoms with Gasteiger partial charge in [-0.3, -0.25) is 4.79 Å². The van der Waals surface area contributed by atoms with Gasteiger partial charge in [0.25, 0.3) is 0 Å². The van der Waals surface area contributed by atoms with Gasteiger partial charge in [0.05, 0.1) is 13.0 Å². The average Bonchev–Trinajstić information content (AvgIpc) is 2.59. The maximum Gasteiger partial charge on any atom is 0.311 e. The van der Waals surface area contributed by atoms with Gasteiger partial charge in [0, 0.05) is 5.56 Å². The van der Waals surface area contributed by atoms with Crippen molar-refractivity contribution in [1.29, 1.82) is 0 Å². The van der Waals surface area contributed by atoms with Crippen LogP contribution < -0.4 is 4.74 Å². The lowest BCUT2D eigenvalue weighted by atomic mass is 9.89. The van der Waals surface area contributed by atoms with Crippen molar-refractivity contribution in [2.75, 3.05) is 7.11 Å². The average molecular weight is 324 g/mol. The highest BCUT2D eigenvalue weighted by atomic mass is 19.1. The number of hydrogen-bond acceptors (Lipinski definition) is 2. The number of rotatable bonds is 5. The van der Waals surface area contributed by atoms with Crippen LogP contribution in [0.15, 0.2) is 60.7 Å². The first-order valence-electron chi connectivity index (χ1n) is 7.63. The molecule has 0 radical (unpaired) electrons. The zero-order valence-electron chi connectivity index (χ0n) is 13.2. The van der Waals surface area contributed by atoms with E-state index in [-0.39, 0.29) is 6.42 Å². The van der Waals surface area contributed by atoms with Crippen LogP contribution in [0.4, 0.5) is 4.39 Å². The zero-order chi connectivity index (χ0) is 17.1. The van der Waals surface area contributed by atoms with E-state index in [9.17, 15) is 14.3 Å². The van der Waals surface area contributed by atoms with E-state index < -0.39 is 17.7 Å². The monoisotopic (exact) mass is 324 g/mol. The Kier molecular flexibility index (Phi) is 4.47. The Morgan fingerprint density at radius 2 is 1.88 bits per heavy atom. The van der Waals surface area contributed by atoms with Crippen LogP contribution >= 0.6 is 0 Å². The second kappa shape index (κ2) is 6.71. The largest absolute Gasteiger partial charge is 0.496 e. The number of fused-ring (bicyclic) bond motifs is 1. The number of carbonyl (C=O) groups is 1. The number of aliphatic carboxylic acids is 1. The molecule has 122 valence electrons. The van der Waals surface area contributed by atoms with Crippen LogP contribution in [0.2, 0.25) is 0 Å². The molecule has 0 spiro atoms. The molecule has 0 aliphatic heterocycles. The molecule has 0 aliphatic rings. The van der Waals surface area contributed by atoms with E-state index >= 15 is 0 Å². The molecule has 0 amide bonds. The van der Waals surface area contributed by atoms with Crippen molar-refractivity contribution in [2.24, 2.45) is 0 Å². The molecule has 0 bridgehead atoms. The Labute approximate surface area is 139 Å². The molecule has 0 heterocycles. The lowest BCUT2D eigenvalue weighted by Crippen LogP contribution is -2.16. The summed E-state index contributed by atoms with van der Waals surface area (Å²) >= 11 is 0. The van der Waals surface area contributed by atoms with E-state index in [1.165, 1.54) is 25.3 Å². The van der Waals surface area contributed by atoms with Crippen LogP contribution in [0.3, 0.4) is 0 Å². The molecular formula is C20H17FO3. The van der Waals surface area contributed by atoms with Gasteiger partial charge >= 0.3 is 5.97 Å². The van der Waals surface area contributed by atoms with Gasteiger partial charge in [0.1, 0.15) is 11.6 Å². The van der Waals surface area contributed by atoms with Crippen LogP contribution in [0.1, 0.15) is 17.0 Å². The van der Waals surface area contributed by atoms with E-state index in [1.54, 1.807) is 0 Å². The Morgan fingerprint density at radius 3 is 2.62 bits per heavy atom. The molecule has 0 saturated carbocycles. The van der Waals surface area contributed by atoms with E-state index in [0.717, 1.165) is 16.3 Å². The number of ether oxygens (including phenoxy) is 1. The number of carboxylic acid groups (broad SMARTS) is 1. The van der Waals surface area contributed by atoms with Crippen molar-refractivity contribution in [2.45, 2.75) is 12.3 Å². The predicted octanol–water partition coefficient (Wildman–Crippen LogP) is 4.40. The third-order valence-corrected chi connectivity index (χ3v) is 4.17. The zero-order valence-corrected chi connectivity index (χ0v) is 13.2. The summed E-state index contributed by atoms with van der Waals surface area (Å²) in [5.41, 5.74) is 1.25. The minimum atomic E-state index is -1.01. The molecule has 24 heavy (non-hydrogen) atoms. The Morgan fingerprint density at radius 1 is 1.12 bits per heavy atom. The maximum atomic E-state index is 13.7. The van der Waals surface area contributed by atoms with E-state index in [1.807, 2.05) is 42.5 Å². The number of benzene rings is 3. The molecule has 1 atom stereocenters. The fourth-order valence-electron chi connectivity index (χ4n) is 3.00. The minimum Gasteiger partial charge on any atom is -0.496 e. The summed E-state index contributed by atoms with van der Waals surface area (Å²) in [6, 6.07) is 17.6. The topological polar surface area (TPSA) is 46.5 Å². The normalized spacial score (nSPS) is 12.1. The van der Waals surface area contributed by atoms with Crippen molar-refractivity contribution in [3.63, 3.8) is 0 Å². The van der Waals surface area contributed by atoms with Crippen LogP contribution in [0, 0.1) is 5.82 Å². The van der Waals surface area contributed by atoms with Crippen molar-refractivity contribution < 1.29 is 19.0 Å². The molecular weight excluding hydrogens is 307 g/mol. The molecule has 0 aromatic heterocycles. The molecule has 4 heteroatoms. The second-order valence-corrected chi connectivity index (χ2v) is 5.62. The van der Waals surface area contributed by atoms with E-state index in [4.69, 9.17) is 4.74 Å². The summed E-state index contributed by atoms with van der Waals surface area (Å²) in [4.78, 5) is 11.8. The van der Waals surface area contributed by atoms with Gasteiger partial charge in [-0.15, -0.1) is 0 Å². The number of methoxy groups -OCH3 is 1. The molecule has 3 aromatic rings. The van der Waals surface area contributed by atoms with E-state index in [2.05, 4.69) is 0 Å². The summed E-state index contributed by atoms with van der Waals surface area (Å²) in [5, 5.41) is 11.7. The third kappa shape index (κ3) is 3.08. The van der Waals surface area contributed by atoms with Crippen molar-refractivity contribution in [1.82, 2.24) is 0 Å². The molecule has 1 N–H and O–H groups in total. The van der Waals surface area contributed by atoms with Crippen LogP contribution in [-0.4, -0.2) is 18.2 Å².